The summed E-state index contributed by atoms with van der Waals surface area (Å²) < 4.78 is 0. The van der Waals surface area contributed by atoms with E-state index in [0.717, 1.165) is 11.1 Å². The second-order valence-corrected chi connectivity index (χ2v) is 5.70. The molecular weight excluding hydrogens is 228 g/mol. The Balaban J connectivity index is 1.78. The molecule has 1 saturated heterocycles. The van der Waals surface area contributed by atoms with Crippen LogP contribution in [-0.4, -0.2) is 34.8 Å². The maximum Gasteiger partial charge on any atom is 0.0960 e. The molecule has 2 nitrogen and oxygen atoms in total. The number of hydrogen-bond donors (Lipinski definition) is 0. The third-order valence-electron chi connectivity index (χ3n) is 3.36. The minimum atomic E-state index is 0.772. The summed E-state index contributed by atoms with van der Waals surface area (Å²) in [6.07, 6.45) is 7.26. The molecular formula is C14H22N2S. The van der Waals surface area contributed by atoms with Gasteiger partial charge in [0.15, 0.2) is 0 Å². The molecule has 94 valence electrons. The van der Waals surface area contributed by atoms with Gasteiger partial charge in [-0.1, -0.05) is 19.4 Å². The zero-order chi connectivity index (χ0) is 11.9. The second-order valence-electron chi connectivity index (χ2n) is 4.66. The van der Waals surface area contributed by atoms with Gasteiger partial charge in [0.2, 0.25) is 0 Å². The second kappa shape index (κ2) is 7.02. The molecule has 0 bridgehead atoms. The summed E-state index contributed by atoms with van der Waals surface area (Å²) in [4.78, 5) is 7.04. The minimum Gasteiger partial charge on any atom is -0.300 e. The van der Waals surface area contributed by atoms with Gasteiger partial charge in [0.05, 0.1) is 5.03 Å². The van der Waals surface area contributed by atoms with Gasteiger partial charge in [-0.3, -0.25) is 4.90 Å². The molecule has 1 aromatic rings. The lowest BCUT2D eigenvalue weighted by molar-refractivity contribution is 0.268. The van der Waals surface area contributed by atoms with Crippen LogP contribution in [0.1, 0.15) is 32.6 Å². The molecule has 3 heteroatoms. The first-order chi connectivity index (χ1) is 8.40. The molecule has 0 aliphatic carbocycles. The van der Waals surface area contributed by atoms with Crippen LogP contribution in [0.2, 0.25) is 0 Å². The molecule has 2 heterocycles. The van der Waals surface area contributed by atoms with Gasteiger partial charge in [-0.2, -0.15) is 0 Å². The zero-order valence-corrected chi connectivity index (χ0v) is 11.5. The molecule has 1 fully saturated rings. The van der Waals surface area contributed by atoms with E-state index in [1.807, 2.05) is 24.0 Å². The number of unbranched alkanes of at least 4 members (excludes halogenated alkanes) is 1. The number of aromatic nitrogens is 1. The van der Waals surface area contributed by atoms with Crippen molar-refractivity contribution in [1.82, 2.24) is 9.88 Å². The van der Waals surface area contributed by atoms with Crippen LogP contribution in [0.4, 0.5) is 0 Å². The number of hydrogen-bond acceptors (Lipinski definition) is 3. The summed E-state index contributed by atoms with van der Waals surface area (Å²) in [6.45, 7) is 4.85. The zero-order valence-electron chi connectivity index (χ0n) is 10.6. The topological polar surface area (TPSA) is 16.1 Å². The van der Waals surface area contributed by atoms with Gasteiger partial charge in [0, 0.05) is 18.0 Å². The third-order valence-corrected chi connectivity index (χ3v) is 4.45. The van der Waals surface area contributed by atoms with Crippen molar-refractivity contribution in [1.29, 1.82) is 0 Å². The Bertz CT molecular complexity index is 315. The Labute approximate surface area is 109 Å². The summed E-state index contributed by atoms with van der Waals surface area (Å²) in [5, 5.41) is 1.16. The largest absolute Gasteiger partial charge is 0.300 e. The lowest BCUT2D eigenvalue weighted by atomic mass is 10.2. The maximum atomic E-state index is 4.37. The van der Waals surface area contributed by atoms with Crippen molar-refractivity contribution in [3.63, 3.8) is 0 Å². The van der Waals surface area contributed by atoms with E-state index in [0.29, 0.717) is 0 Å². The highest BCUT2D eigenvalue weighted by Crippen LogP contribution is 2.24. The maximum absolute atomic E-state index is 4.37. The van der Waals surface area contributed by atoms with Crippen LogP contribution in [0.3, 0.4) is 0 Å². The highest BCUT2D eigenvalue weighted by Gasteiger charge is 2.23. The summed E-state index contributed by atoms with van der Waals surface area (Å²) in [5.74, 6) is 1.20. The monoisotopic (exact) mass is 250 g/mol. The third kappa shape index (κ3) is 4.00. The molecule has 0 aromatic carbocycles. The fourth-order valence-electron chi connectivity index (χ4n) is 2.35. The van der Waals surface area contributed by atoms with Gasteiger partial charge in [-0.05, 0) is 44.5 Å². The fraction of sp³-hybridized carbons (Fsp3) is 0.643. The van der Waals surface area contributed by atoms with Gasteiger partial charge >= 0.3 is 0 Å². The van der Waals surface area contributed by atoms with E-state index in [1.54, 1.807) is 0 Å². The standard InChI is InChI=1S/C14H22N2S/c1-2-3-10-16-11-6-7-13(16)12-17-14-8-4-5-9-15-14/h4-5,8-9,13H,2-3,6-7,10-12H2,1H3. The van der Waals surface area contributed by atoms with Gasteiger partial charge in [0.25, 0.3) is 0 Å². The Kier molecular flexibility index (Phi) is 5.33. The van der Waals surface area contributed by atoms with Crippen molar-refractivity contribution in [2.45, 2.75) is 43.7 Å². The molecule has 1 aliphatic heterocycles. The molecule has 0 radical (unpaired) electrons. The van der Waals surface area contributed by atoms with E-state index < -0.39 is 0 Å². The highest BCUT2D eigenvalue weighted by molar-refractivity contribution is 7.99. The van der Waals surface area contributed by atoms with E-state index in [4.69, 9.17) is 0 Å². The van der Waals surface area contributed by atoms with Gasteiger partial charge < -0.3 is 0 Å². The van der Waals surface area contributed by atoms with Crippen LogP contribution in [0.5, 0.6) is 0 Å². The average Bonchev–Trinajstić information content (AvgIpc) is 2.82. The first-order valence-electron chi connectivity index (χ1n) is 6.68. The van der Waals surface area contributed by atoms with Crippen LogP contribution in [-0.2, 0) is 0 Å². The van der Waals surface area contributed by atoms with Crippen molar-refractivity contribution >= 4 is 11.8 Å². The van der Waals surface area contributed by atoms with E-state index in [2.05, 4.69) is 28.9 Å². The Morgan fingerprint density at radius 3 is 3.18 bits per heavy atom. The minimum absolute atomic E-state index is 0.772. The van der Waals surface area contributed by atoms with Crippen LogP contribution < -0.4 is 0 Å². The van der Waals surface area contributed by atoms with Crippen molar-refractivity contribution in [2.75, 3.05) is 18.8 Å². The lowest BCUT2D eigenvalue weighted by Gasteiger charge is -2.23. The molecule has 1 aliphatic rings. The Morgan fingerprint density at radius 1 is 1.47 bits per heavy atom. The lowest BCUT2D eigenvalue weighted by Crippen LogP contribution is -2.32. The summed E-state index contributed by atoms with van der Waals surface area (Å²) in [7, 11) is 0. The van der Waals surface area contributed by atoms with Crippen molar-refractivity contribution in [3.05, 3.63) is 24.4 Å². The number of likely N-dealkylation sites (tertiary alicyclic amines) is 1. The first-order valence-corrected chi connectivity index (χ1v) is 7.66. The molecule has 1 unspecified atom stereocenters. The quantitative estimate of drug-likeness (QED) is 0.720. The molecule has 0 spiro atoms. The van der Waals surface area contributed by atoms with Gasteiger partial charge in [-0.15, -0.1) is 11.8 Å². The van der Waals surface area contributed by atoms with Crippen LogP contribution in [0.25, 0.3) is 0 Å². The van der Waals surface area contributed by atoms with E-state index in [-0.39, 0.29) is 0 Å². The first kappa shape index (κ1) is 12.9. The molecule has 17 heavy (non-hydrogen) atoms. The number of pyridine rings is 1. The van der Waals surface area contributed by atoms with Crippen LogP contribution in [0, 0.1) is 0 Å². The summed E-state index contributed by atoms with van der Waals surface area (Å²) in [5.41, 5.74) is 0. The predicted octanol–water partition coefficient (Wildman–Crippen LogP) is 3.44. The van der Waals surface area contributed by atoms with Gasteiger partial charge in [0.1, 0.15) is 0 Å². The SMILES string of the molecule is CCCCN1CCCC1CSc1ccccn1. The predicted molar refractivity (Wildman–Crippen MR) is 74.5 cm³/mol. The molecule has 2 rings (SSSR count). The fourth-order valence-corrected chi connectivity index (χ4v) is 3.40. The van der Waals surface area contributed by atoms with E-state index >= 15 is 0 Å². The van der Waals surface area contributed by atoms with Crippen molar-refractivity contribution < 1.29 is 0 Å². The number of rotatable bonds is 6. The number of nitrogens with zero attached hydrogens (tertiary/aromatic N) is 2. The van der Waals surface area contributed by atoms with E-state index in [1.165, 1.54) is 44.5 Å². The molecule has 0 N–H and O–H groups in total. The van der Waals surface area contributed by atoms with Gasteiger partial charge in [-0.25, -0.2) is 4.98 Å². The molecule has 1 aromatic heterocycles. The number of thioether (sulfide) groups is 1. The van der Waals surface area contributed by atoms with E-state index in [9.17, 15) is 0 Å². The normalized spacial score (nSPS) is 20.9. The van der Waals surface area contributed by atoms with Crippen molar-refractivity contribution in [3.8, 4) is 0 Å². The Hall–Kier alpha value is -0.540. The smallest absolute Gasteiger partial charge is 0.0960 e. The Morgan fingerprint density at radius 2 is 2.41 bits per heavy atom. The average molecular weight is 250 g/mol. The summed E-state index contributed by atoms with van der Waals surface area (Å²) >= 11 is 1.90. The molecule has 0 amide bonds. The highest BCUT2D eigenvalue weighted by atomic mass is 32.2. The molecule has 1 atom stereocenters. The summed E-state index contributed by atoms with van der Waals surface area (Å²) in [6, 6.07) is 6.93. The van der Waals surface area contributed by atoms with Crippen LogP contribution >= 0.6 is 11.8 Å². The van der Waals surface area contributed by atoms with Crippen LogP contribution in [0.15, 0.2) is 29.4 Å². The molecule has 0 saturated carbocycles. The van der Waals surface area contributed by atoms with Crippen molar-refractivity contribution in [2.24, 2.45) is 0 Å².